The molecule has 37 heavy (non-hydrogen) atoms. The number of carbonyl (C=O) groups excluding carboxylic acids is 2. The van der Waals surface area contributed by atoms with E-state index in [9.17, 15) is 9.59 Å². The quantitative estimate of drug-likeness (QED) is 0.111. The molecule has 0 bridgehead atoms. The van der Waals surface area contributed by atoms with Crippen molar-refractivity contribution in [1.29, 1.82) is 0 Å². The van der Waals surface area contributed by atoms with Gasteiger partial charge in [-0.1, -0.05) is 30.3 Å². The topological polar surface area (TPSA) is 86.8 Å². The summed E-state index contributed by atoms with van der Waals surface area (Å²) in [6.07, 6.45) is 1.69. The van der Waals surface area contributed by atoms with E-state index in [2.05, 4.69) is 58.3 Å². The Morgan fingerprint density at radius 1 is 1.05 bits per heavy atom. The monoisotopic (exact) mass is 648 g/mol. The van der Waals surface area contributed by atoms with E-state index < -0.39 is 0 Å². The van der Waals surface area contributed by atoms with Crippen LogP contribution in [0.5, 0.6) is 11.6 Å². The highest BCUT2D eigenvalue weighted by Gasteiger charge is 2.24. The van der Waals surface area contributed by atoms with Gasteiger partial charge in [-0.2, -0.15) is 0 Å². The number of aryl methyl sites for hydroxylation is 2. The van der Waals surface area contributed by atoms with Crippen LogP contribution in [0.1, 0.15) is 27.9 Å². The Balaban J connectivity index is 1.45. The van der Waals surface area contributed by atoms with Gasteiger partial charge in [0.25, 0.3) is 11.1 Å². The molecule has 0 spiro atoms. The van der Waals surface area contributed by atoms with Crippen LogP contribution in [0.25, 0.3) is 17.2 Å². The number of aromatic nitrogens is 1. The van der Waals surface area contributed by atoms with Crippen molar-refractivity contribution in [1.82, 2.24) is 10.3 Å². The Kier molecular flexibility index (Phi) is 9.59. The third kappa shape index (κ3) is 7.10. The molecule has 2 aromatic carbocycles. The van der Waals surface area contributed by atoms with E-state index in [0.717, 1.165) is 50.8 Å². The molecule has 1 fully saturated rings. The summed E-state index contributed by atoms with van der Waals surface area (Å²) in [7, 11) is 0. The summed E-state index contributed by atoms with van der Waals surface area (Å²) in [5, 5.41) is 1.91. The summed E-state index contributed by atoms with van der Waals surface area (Å²) in [5.74, 6) is 0.957. The van der Waals surface area contributed by atoms with Crippen molar-refractivity contribution in [3.8, 4) is 22.8 Å². The second-order valence-corrected chi connectivity index (χ2v) is 11.1. The SMILES string of the molecule is Cc1cc(OCCOPI)nc(C)c1-c1cccc(COc2ccc(/C=C3\SC(=O)NC3=O)cc2)c1C. The molecular formula is C27H26IN2O5PS. The molecule has 192 valence electrons. The van der Waals surface area contributed by atoms with E-state index in [0.29, 0.717) is 42.8 Å². The molecule has 7 nitrogen and oxygen atoms in total. The van der Waals surface area contributed by atoms with Gasteiger partial charge < -0.3 is 14.0 Å². The summed E-state index contributed by atoms with van der Waals surface area (Å²) >= 11 is 3.09. The molecule has 0 radical (unpaired) electrons. The highest BCUT2D eigenvalue weighted by molar-refractivity contribution is 14.2. The number of pyridine rings is 1. The number of carbonyl (C=O) groups is 2. The molecule has 1 unspecified atom stereocenters. The molecule has 1 atom stereocenters. The van der Waals surface area contributed by atoms with Crippen LogP contribution in [0.3, 0.4) is 0 Å². The Hall–Kier alpha value is -2.46. The fourth-order valence-corrected chi connectivity index (χ4v) is 5.51. The van der Waals surface area contributed by atoms with E-state index in [-0.39, 0.29) is 11.1 Å². The number of hydrogen-bond acceptors (Lipinski definition) is 7. The van der Waals surface area contributed by atoms with Gasteiger partial charge in [-0.05, 0) is 101 Å². The third-order valence-electron chi connectivity index (χ3n) is 5.79. The predicted molar refractivity (Wildman–Crippen MR) is 158 cm³/mol. The number of hydrogen-bond donors (Lipinski definition) is 1. The van der Waals surface area contributed by atoms with E-state index in [1.54, 1.807) is 6.08 Å². The van der Waals surface area contributed by atoms with Gasteiger partial charge in [0, 0.05) is 17.3 Å². The first-order valence-electron chi connectivity index (χ1n) is 11.5. The molecular weight excluding hydrogens is 622 g/mol. The maximum atomic E-state index is 11.7. The number of nitrogens with zero attached hydrogens (tertiary/aromatic N) is 1. The van der Waals surface area contributed by atoms with Crippen molar-refractivity contribution in [2.24, 2.45) is 0 Å². The minimum Gasteiger partial charge on any atom is -0.489 e. The number of halogens is 1. The highest BCUT2D eigenvalue weighted by atomic mass is 127. The second kappa shape index (κ2) is 12.9. The minimum absolute atomic E-state index is 0.350. The molecule has 1 aliphatic heterocycles. The number of nitrogens with one attached hydrogen (secondary N) is 1. The van der Waals surface area contributed by atoms with E-state index in [1.807, 2.05) is 43.3 Å². The fraction of sp³-hybridized carbons (Fsp3) is 0.222. The first-order chi connectivity index (χ1) is 17.9. The average molecular weight is 648 g/mol. The molecule has 1 saturated heterocycles. The number of benzene rings is 2. The smallest absolute Gasteiger partial charge is 0.290 e. The van der Waals surface area contributed by atoms with Crippen LogP contribution in [0.4, 0.5) is 4.79 Å². The number of amides is 2. The largest absolute Gasteiger partial charge is 0.489 e. The third-order valence-corrected chi connectivity index (χ3v) is 7.85. The summed E-state index contributed by atoms with van der Waals surface area (Å²) in [6.45, 7) is 8.02. The van der Waals surface area contributed by atoms with Crippen molar-refractivity contribution in [3.63, 3.8) is 0 Å². The van der Waals surface area contributed by atoms with Crippen molar-refractivity contribution in [3.05, 3.63) is 81.4 Å². The lowest BCUT2D eigenvalue weighted by atomic mass is 9.93. The summed E-state index contributed by atoms with van der Waals surface area (Å²) in [6, 6.07) is 15.6. The lowest BCUT2D eigenvalue weighted by Gasteiger charge is -2.17. The highest BCUT2D eigenvalue weighted by Crippen LogP contribution is 2.33. The molecule has 10 heteroatoms. The van der Waals surface area contributed by atoms with Crippen LogP contribution in [0.15, 0.2) is 53.4 Å². The Labute approximate surface area is 235 Å². The first-order valence-corrected chi connectivity index (χ1v) is 16.3. The Morgan fingerprint density at radius 3 is 2.51 bits per heavy atom. The van der Waals surface area contributed by atoms with E-state index in [4.69, 9.17) is 14.0 Å². The molecule has 2 amide bonds. The number of ether oxygens (including phenoxy) is 2. The molecule has 0 saturated carbocycles. The van der Waals surface area contributed by atoms with Crippen molar-refractivity contribution >= 4 is 57.5 Å². The maximum Gasteiger partial charge on any atom is 0.290 e. The number of rotatable bonds is 10. The number of thioether (sulfide) groups is 1. The van der Waals surface area contributed by atoms with Gasteiger partial charge in [0.1, 0.15) is 19.0 Å². The van der Waals surface area contributed by atoms with Gasteiger partial charge in [0.2, 0.25) is 5.88 Å². The lowest BCUT2D eigenvalue weighted by molar-refractivity contribution is -0.115. The minimum atomic E-state index is -0.366. The van der Waals surface area contributed by atoms with Gasteiger partial charge in [0.15, 0.2) is 0 Å². The summed E-state index contributed by atoms with van der Waals surface area (Å²) in [5.41, 5.74) is 7.26. The first kappa shape index (κ1) is 27.6. The van der Waals surface area contributed by atoms with Gasteiger partial charge >= 0.3 is 0 Å². The summed E-state index contributed by atoms with van der Waals surface area (Å²) in [4.78, 5) is 28.1. The molecule has 0 aliphatic carbocycles. The normalized spacial score (nSPS) is 14.5. The standard InChI is InChI=1S/C27H26IN2O5PS/c1-16-13-24(33-11-12-35-36-28)29-18(3)25(16)22-6-4-5-20(17(22)2)15-34-21-9-7-19(8-10-21)14-23-26(31)30-27(32)37-23/h4-10,13-14,36H,11-12,15H2,1-3H3,(H,30,31,32)/b23-14-. The van der Waals surface area contributed by atoms with Gasteiger partial charge in [-0.3, -0.25) is 14.9 Å². The predicted octanol–water partition coefficient (Wildman–Crippen LogP) is 6.92. The number of imide groups is 1. The Morgan fingerprint density at radius 2 is 1.84 bits per heavy atom. The molecule has 3 aromatic rings. The van der Waals surface area contributed by atoms with Crippen LogP contribution in [-0.4, -0.2) is 29.3 Å². The van der Waals surface area contributed by atoms with Gasteiger partial charge in [-0.25, -0.2) is 4.98 Å². The van der Waals surface area contributed by atoms with Gasteiger partial charge in [-0.15, -0.1) is 0 Å². The Bertz CT molecular complexity index is 1320. The zero-order chi connectivity index (χ0) is 26.4. The fourth-order valence-electron chi connectivity index (χ4n) is 4.01. The van der Waals surface area contributed by atoms with Crippen LogP contribution >= 0.6 is 40.3 Å². The van der Waals surface area contributed by atoms with Crippen LogP contribution in [-0.2, 0) is 15.9 Å². The van der Waals surface area contributed by atoms with Crippen LogP contribution in [0.2, 0.25) is 0 Å². The molecule has 1 aliphatic rings. The average Bonchev–Trinajstić information content (AvgIpc) is 3.18. The van der Waals surface area contributed by atoms with Crippen LogP contribution < -0.4 is 14.8 Å². The maximum absolute atomic E-state index is 11.7. The zero-order valence-electron chi connectivity index (χ0n) is 20.6. The lowest BCUT2D eigenvalue weighted by Crippen LogP contribution is -2.17. The molecule has 1 aromatic heterocycles. The van der Waals surface area contributed by atoms with Gasteiger partial charge in [0.05, 0.1) is 18.0 Å². The van der Waals surface area contributed by atoms with Crippen molar-refractivity contribution in [2.75, 3.05) is 13.2 Å². The zero-order valence-corrected chi connectivity index (χ0v) is 24.6. The molecule has 4 rings (SSSR count). The van der Waals surface area contributed by atoms with E-state index >= 15 is 0 Å². The summed E-state index contributed by atoms with van der Waals surface area (Å²) < 4.78 is 17.2. The van der Waals surface area contributed by atoms with Crippen molar-refractivity contribution < 1.29 is 23.6 Å². The molecule has 2 heterocycles. The van der Waals surface area contributed by atoms with Crippen LogP contribution in [0, 0.1) is 20.8 Å². The van der Waals surface area contributed by atoms with E-state index in [1.165, 1.54) is 0 Å². The van der Waals surface area contributed by atoms with Crippen molar-refractivity contribution in [2.45, 2.75) is 27.4 Å². The second-order valence-electron chi connectivity index (χ2n) is 8.31. The molecule has 1 N–H and O–H groups in total.